The number of ketones is 1. The monoisotopic (exact) mass is 342 g/mol. The minimum Gasteiger partial charge on any atom is -0.464 e. The third-order valence-corrected chi connectivity index (χ3v) is 4.27. The summed E-state index contributed by atoms with van der Waals surface area (Å²) in [7, 11) is 0. The molecule has 6 heteroatoms. The van der Waals surface area contributed by atoms with Crippen LogP contribution in [0.5, 0.6) is 0 Å². The summed E-state index contributed by atoms with van der Waals surface area (Å²) in [5.41, 5.74) is 1.16. The molecule has 2 amide bonds. The van der Waals surface area contributed by atoms with E-state index in [9.17, 15) is 9.59 Å². The summed E-state index contributed by atoms with van der Waals surface area (Å²) in [6.45, 7) is 4.88. The number of ether oxygens (including phenoxy) is 1. The van der Waals surface area contributed by atoms with E-state index in [-0.39, 0.29) is 17.9 Å². The van der Waals surface area contributed by atoms with Crippen molar-refractivity contribution in [2.75, 3.05) is 25.1 Å². The van der Waals surface area contributed by atoms with Gasteiger partial charge in [0.05, 0.1) is 13.2 Å². The van der Waals surface area contributed by atoms with Gasteiger partial charge < -0.3 is 19.4 Å². The number of Topliss-reactive ketones (excluding diaryl/α,β-unsaturated/α-hetero) is 1. The first-order chi connectivity index (χ1) is 12.1. The lowest BCUT2D eigenvalue weighted by Crippen LogP contribution is -2.45. The van der Waals surface area contributed by atoms with Crippen LogP contribution in [-0.4, -0.2) is 36.5 Å². The second kappa shape index (κ2) is 7.53. The first kappa shape index (κ1) is 17.2. The molecule has 1 aromatic carbocycles. The van der Waals surface area contributed by atoms with E-state index in [1.54, 1.807) is 29.2 Å². The fourth-order valence-electron chi connectivity index (χ4n) is 2.86. The molecule has 0 saturated carbocycles. The summed E-state index contributed by atoms with van der Waals surface area (Å²) in [5, 5.41) is 2.86. The van der Waals surface area contributed by atoms with Crippen molar-refractivity contribution in [3.8, 4) is 0 Å². The van der Waals surface area contributed by atoms with Gasteiger partial charge in [-0.25, -0.2) is 4.79 Å². The molecule has 25 heavy (non-hydrogen) atoms. The summed E-state index contributed by atoms with van der Waals surface area (Å²) in [6, 6.07) is 10.3. The van der Waals surface area contributed by atoms with Crippen LogP contribution in [0.2, 0.25) is 0 Å². The van der Waals surface area contributed by atoms with Gasteiger partial charge in [0.2, 0.25) is 0 Å². The Bertz CT molecular complexity index is 768. The fraction of sp³-hybridized carbons (Fsp3) is 0.368. The number of morpholine rings is 1. The normalized spacial score (nSPS) is 17.4. The van der Waals surface area contributed by atoms with Crippen molar-refractivity contribution in [2.24, 2.45) is 0 Å². The molecule has 1 aliphatic heterocycles. The van der Waals surface area contributed by atoms with Gasteiger partial charge >= 0.3 is 6.03 Å². The van der Waals surface area contributed by atoms with E-state index in [0.29, 0.717) is 31.0 Å². The molecule has 1 aliphatic rings. The molecule has 1 aromatic heterocycles. The molecule has 1 atom stereocenters. The van der Waals surface area contributed by atoms with Crippen LogP contribution >= 0.6 is 0 Å². The lowest BCUT2D eigenvalue weighted by molar-refractivity contribution is 0.00702. The van der Waals surface area contributed by atoms with Gasteiger partial charge in [-0.2, -0.15) is 0 Å². The first-order valence-corrected chi connectivity index (χ1v) is 8.43. The molecule has 1 N–H and O–H groups in total. The van der Waals surface area contributed by atoms with Crippen LogP contribution in [0.25, 0.3) is 0 Å². The highest BCUT2D eigenvalue weighted by Gasteiger charge is 2.31. The lowest BCUT2D eigenvalue weighted by Gasteiger charge is -2.34. The number of aryl methyl sites for hydroxylation is 1. The number of benzene rings is 1. The summed E-state index contributed by atoms with van der Waals surface area (Å²) in [6.07, 6.45) is 0.803. The Morgan fingerprint density at radius 2 is 2.12 bits per heavy atom. The van der Waals surface area contributed by atoms with Gasteiger partial charge in [-0.15, -0.1) is 0 Å². The Morgan fingerprint density at radius 3 is 2.84 bits per heavy atom. The van der Waals surface area contributed by atoms with Crippen LogP contribution in [0.4, 0.5) is 10.5 Å². The van der Waals surface area contributed by atoms with E-state index < -0.39 is 0 Å². The van der Waals surface area contributed by atoms with Crippen molar-refractivity contribution in [1.29, 1.82) is 0 Å². The number of nitrogens with zero attached hydrogens (tertiary/aromatic N) is 1. The van der Waals surface area contributed by atoms with Crippen molar-refractivity contribution < 1.29 is 18.7 Å². The number of carbonyl (C=O) groups is 2. The average Bonchev–Trinajstić information content (AvgIpc) is 3.11. The van der Waals surface area contributed by atoms with E-state index in [1.807, 2.05) is 19.1 Å². The highest BCUT2D eigenvalue weighted by molar-refractivity contribution is 5.96. The van der Waals surface area contributed by atoms with Crippen LogP contribution in [0.3, 0.4) is 0 Å². The van der Waals surface area contributed by atoms with Crippen molar-refractivity contribution >= 4 is 17.5 Å². The van der Waals surface area contributed by atoms with Crippen LogP contribution in [0.15, 0.2) is 40.8 Å². The number of carbonyl (C=O) groups excluding carboxylic acids is 2. The maximum atomic E-state index is 12.7. The molecule has 6 nitrogen and oxygen atoms in total. The van der Waals surface area contributed by atoms with E-state index >= 15 is 0 Å². The van der Waals surface area contributed by atoms with Gasteiger partial charge in [-0.1, -0.05) is 19.1 Å². The van der Waals surface area contributed by atoms with Crippen molar-refractivity contribution in [3.05, 3.63) is 53.5 Å². The van der Waals surface area contributed by atoms with E-state index in [4.69, 9.17) is 9.15 Å². The topological polar surface area (TPSA) is 71.8 Å². The van der Waals surface area contributed by atoms with E-state index in [2.05, 4.69) is 5.32 Å². The maximum absolute atomic E-state index is 12.7. The zero-order chi connectivity index (χ0) is 17.8. The predicted octanol–water partition coefficient (Wildman–Crippen LogP) is 3.65. The van der Waals surface area contributed by atoms with Crippen molar-refractivity contribution in [1.82, 2.24) is 4.90 Å². The van der Waals surface area contributed by atoms with Gasteiger partial charge in [-0.05, 0) is 31.2 Å². The third kappa shape index (κ3) is 3.91. The van der Waals surface area contributed by atoms with Crippen molar-refractivity contribution in [2.45, 2.75) is 26.3 Å². The molecule has 1 saturated heterocycles. The summed E-state index contributed by atoms with van der Waals surface area (Å²) < 4.78 is 11.3. The second-order valence-corrected chi connectivity index (χ2v) is 6.01. The van der Waals surface area contributed by atoms with Gasteiger partial charge in [0.1, 0.15) is 17.6 Å². The van der Waals surface area contributed by atoms with Crippen LogP contribution < -0.4 is 5.32 Å². The maximum Gasteiger partial charge on any atom is 0.322 e. The number of hydrogen-bond donors (Lipinski definition) is 1. The highest BCUT2D eigenvalue weighted by atomic mass is 16.5. The molecule has 2 aromatic rings. The summed E-state index contributed by atoms with van der Waals surface area (Å²) in [4.78, 5) is 26.0. The number of urea groups is 1. The Hall–Kier alpha value is -2.60. The minimum absolute atomic E-state index is 0.0389. The molecule has 0 spiro atoms. The standard InChI is InChI=1S/C19H22N2O4/c1-3-16-7-8-18(25-16)17-12-24-10-9-21(17)19(23)20-15-6-4-5-14(11-15)13(2)22/h4-8,11,17H,3,9-10,12H2,1-2H3,(H,20,23)/t17-/m0/s1. The lowest BCUT2D eigenvalue weighted by atomic mass is 10.1. The molecule has 3 rings (SSSR count). The zero-order valence-corrected chi connectivity index (χ0v) is 14.5. The number of nitrogens with one attached hydrogen (secondary N) is 1. The largest absolute Gasteiger partial charge is 0.464 e. The number of hydrogen-bond acceptors (Lipinski definition) is 4. The number of furan rings is 1. The molecule has 1 fully saturated rings. The smallest absolute Gasteiger partial charge is 0.322 e. The molecule has 0 aliphatic carbocycles. The van der Waals surface area contributed by atoms with Gasteiger partial charge in [0, 0.05) is 24.2 Å². The predicted molar refractivity (Wildman–Crippen MR) is 93.8 cm³/mol. The SMILES string of the molecule is CCc1ccc([C@@H]2COCCN2C(=O)Nc2cccc(C(C)=O)c2)o1. The number of amides is 2. The Kier molecular flexibility index (Phi) is 5.19. The molecular formula is C19H22N2O4. The number of anilines is 1. The average molecular weight is 342 g/mol. The van der Waals surface area contributed by atoms with Gasteiger partial charge in [-0.3, -0.25) is 4.79 Å². The quantitative estimate of drug-likeness (QED) is 0.861. The molecule has 0 bridgehead atoms. The fourth-order valence-corrected chi connectivity index (χ4v) is 2.86. The second-order valence-electron chi connectivity index (χ2n) is 6.01. The van der Waals surface area contributed by atoms with Crippen LogP contribution in [-0.2, 0) is 11.2 Å². The highest BCUT2D eigenvalue weighted by Crippen LogP contribution is 2.27. The first-order valence-electron chi connectivity index (χ1n) is 8.43. The van der Waals surface area contributed by atoms with Gasteiger partial charge in [0.25, 0.3) is 0 Å². The molecule has 0 radical (unpaired) electrons. The van der Waals surface area contributed by atoms with Crippen molar-refractivity contribution in [3.63, 3.8) is 0 Å². The van der Waals surface area contributed by atoms with E-state index in [1.165, 1.54) is 6.92 Å². The summed E-state index contributed by atoms with van der Waals surface area (Å²) >= 11 is 0. The Balaban J connectivity index is 1.76. The molecule has 0 unspecified atom stereocenters. The summed E-state index contributed by atoms with van der Waals surface area (Å²) in [5.74, 6) is 1.57. The van der Waals surface area contributed by atoms with E-state index in [0.717, 1.165) is 17.9 Å². The molecular weight excluding hydrogens is 320 g/mol. The number of rotatable bonds is 4. The third-order valence-electron chi connectivity index (χ3n) is 4.27. The molecule has 132 valence electrons. The minimum atomic E-state index is -0.259. The van der Waals surface area contributed by atoms with Gasteiger partial charge in [0.15, 0.2) is 5.78 Å². The Morgan fingerprint density at radius 1 is 1.28 bits per heavy atom. The van der Waals surface area contributed by atoms with Crippen LogP contribution in [0, 0.1) is 0 Å². The Labute approximate surface area is 146 Å². The zero-order valence-electron chi connectivity index (χ0n) is 14.5. The molecule has 2 heterocycles. The van der Waals surface area contributed by atoms with Crippen LogP contribution in [0.1, 0.15) is 41.8 Å².